The lowest BCUT2D eigenvalue weighted by Gasteiger charge is -2.09. The van der Waals surface area contributed by atoms with E-state index in [1.165, 1.54) is 4.68 Å². The summed E-state index contributed by atoms with van der Waals surface area (Å²) < 4.78 is 43.0. The minimum absolute atomic E-state index is 0.204. The van der Waals surface area contributed by atoms with Crippen LogP contribution >= 0.6 is 11.6 Å². The summed E-state index contributed by atoms with van der Waals surface area (Å²) in [5.74, 6) is -0.348. The van der Waals surface area contributed by atoms with Gasteiger partial charge in [0.05, 0.1) is 16.4 Å². The number of carbonyl (C=O) groups excluding carboxylic acids is 1. The molecule has 3 rings (SSSR count). The minimum atomic E-state index is -4.50. The van der Waals surface area contributed by atoms with E-state index in [1.54, 1.807) is 4.68 Å². The van der Waals surface area contributed by atoms with Crippen molar-refractivity contribution in [3.8, 4) is 0 Å². The van der Waals surface area contributed by atoms with Gasteiger partial charge >= 0.3 is 6.18 Å². The van der Waals surface area contributed by atoms with Crippen LogP contribution in [0.1, 0.15) is 54.0 Å². The molecule has 0 atom stereocenters. The Balaban J connectivity index is 1.59. The zero-order valence-electron chi connectivity index (χ0n) is 16.6. The summed E-state index contributed by atoms with van der Waals surface area (Å²) in [5.41, 5.74) is 1.58. The molecule has 1 N–H and O–H groups in total. The van der Waals surface area contributed by atoms with Crippen LogP contribution in [0.4, 0.5) is 13.2 Å². The molecule has 0 saturated heterocycles. The maximum absolute atomic E-state index is 13.3. The quantitative estimate of drug-likeness (QED) is 0.558. The zero-order valence-corrected chi connectivity index (χ0v) is 17.3. The number of aromatic nitrogens is 4. The first-order valence-corrected chi connectivity index (χ1v) is 10.2. The van der Waals surface area contributed by atoms with Crippen molar-refractivity contribution in [3.05, 3.63) is 33.4 Å². The second-order valence-electron chi connectivity index (χ2n) is 7.40. The molecule has 0 spiro atoms. The predicted octanol–water partition coefficient (Wildman–Crippen LogP) is 3.84. The Hall–Kier alpha value is -2.03. The second-order valence-corrected chi connectivity index (χ2v) is 7.78. The van der Waals surface area contributed by atoms with Crippen LogP contribution in [-0.2, 0) is 36.9 Å². The average molecular weight is 432 g/mol. The Morgan fingerprint density at radius 2 is 1.86 bits per heavy atom. The standard InChI is InChI=1S/C19H25ClF3N5O/c1-12-17(20)13(2)27(25-12)10-6-9-24-16(29)11-28-15-8-5-3-4-7-14(15)18(26-28)19(21,22)23/h3-11H2,1-2H3,(H,24,29). The van der Waals surface area contributed by atoms with E-state index < -0.39 is 11.9 Å². The highest BCUT2D eigenvalue weighted by Crippen LogP contribution is 2.35. The first kappa shape index (κ1) is 21.7. The number of halogens is 4. The number of amides is 1. The zero-order chi connectivity index (χ0) is 21.2. The normalized spacial score (nSPS) is 14.6. The molecule has 0 radical (unpaired) electrons. The highest BCUT2D eigenvalue weighted by Gasteiger charge is 2.39. The number of nitrogens with zero attached hydrogens (tertiary/aromatic N) is 4. The molecule has 2 aromatic rings. The molecular formula is C19H25ClF3N5O. The smallest absolute Gasteiger partial charge is 0.354 e. The molecule has 6 nitrogen and oxygen atoms in total. The van der Waals surface area contributed by atoms with E-state index in [0.29, 0.717) is 49.5 Å². The Kier molecular flexibility index (Phi) is 6.55. The first-order valence-electron chi connectivity index (χ1n) is 9.80. The number of fused-ring (bicyclic) bond motifs is 1. The van der Waals surface area contributed by atoms with Gasteiger partial charge < -0.3 is 5.32 Å². The number of nitrogens with one attached hydrogen (secondary N) is 1. The lowest BCUT2D eigenvalue weighted by atomic mass is 10.1. The third kappa shape index (κ3) is 4.94. The molecule has 1 amide bonds. The van der Waals surface area contributed by atoms with Gasteiger partial charge in [-0.15, -0.1) is 0 Å². The number of aryl methyl sites for hydroxylation is 2. The molecule has 10 heteroatoms. The van der Waals surface area contributed by atoms with Gasteiger partial charge in [0.1, 0.15) is 6.54 Å². The maximum atomic E-state index is 13.3. The summed E-state index contributed by atoms with van der Waals surface area (Å²) in [6.45, 7) is 4.49. The summed E-state index contributed by atoms with van der Waals surface area (Å²) in [6.07, 6.45) is -0.588. The number of hydrogen-bond acceptors (Lipinski definition) is 3. The van der Waals surface area contributed by atoms with Crippen LogP contribution in [0.3, 0.4) is 0 Å². The van der Waals surface area contributed by atoms with Gasteiger partial charge in [0.25, 0.3) is 0 Å². The predicted molar refractivity (Wildman–Crippen MR) is 103 cm³/mol. The highest BCUT2D eigenvalue weighted by atomic mass is 35.5. The van der Waals surface area contributed by atoms with E-state index in [4.69, 9.17) is 11.6 Å². The van der Waals surface area contributed by atoms with Gasteiger partial charge in [-0.3, -0.25) is 14.2 Å². The van der Waals surface area contributed by atoms with E-state index in [9.17, 15) is 18.0 Å². The molecule has 29 heavy (non-hydrogen) atoms. The Morgan fingerprint density at radius 1 is 1.14 bits per heavy atom. The number of rotatable bonds is 6. The summed E-state index contributed by atoms with van der Waals surface area (Å²) in [7, 11) is 0. The van der Waals surface area contributed by atoms with E-state index in [-0.39, 0.29) is 18.0 Å². The summed E-state index contributed by atoms with van der Waals surface area (Å²) in [5, 5.41) is 11.5. The van der Waals surface area contributed by atoms with Crippen molar-refractivity contribution in [2.24, 2.45) is 0 Å². The van der Waals surface area contributed by atoms with Gasteiger partial charge in [0.15, 0.2) is 5.69 Å². The lowest BCUT2D eigenvalue weighted by Crippen LogP contribution is -2.30. The molecule has 0 fully saturated rings. The number of carbonyl (C=O) groups is 1. The lowest BCUT2D eigenvalue weighted by molar-refractivity contribution is -0.142. The van der Waals surface area contributed by atoms with Crippen LogP contribution in [0.5, 0.6) is 0 Å². The van der Waals surface area contributed by atoms with Crippen molar-refractivity contribution < 1.29 is 18.0 Å². The Bertz CT molecular complexity index is 888. The van der Waals surface area contributed by atoms with Crippen molar-refractivity contribution >= 4 is 17.5 Å². The van der Waals surface area contributed by atoms with E-state index in [0.717, 1.165) is 24.2 Å². The minimum Gasteiger partial charge on any atom is -0.354 e. The van der Waals surface area contributed by atoms with Gasteiger partial charge in [0.2, 0.25) is 5.91 Å². The van der Waals surface area contributed by atoms with Crippen molar-refractivity contribution in [2.75, 3.05) is 6.54 Å². The average Bonchev–Trinajstić information content (AvgIpc) is 2.98. The van der Waals surface area contributed by atoms with Gasteiger partial charge in [-0.2, -0.15) is 23.4 Å². The van der Waals surface area contributed by atoms with Gasteiger partial charge in [-0.05, 0) is 46.0 Å². The van der Waals surface area contributed by atoms with Crippen molar-refractivity contribution in [1.82, 2.24) is 24.9 Å². The third-order valence-electron chi connectivity index (χ3n) is 5.23. The fraction of sp³-hybridized carbons (Fsp3) is 0.632. The fourth-order valence-corrected chi connectivity index (χ4v) is 3.88. The van der Waals surface area contributed by atoms with Gasteiger partial charge in [-0.1, -0.05) is 18.0 Å². The van der Waals surface area contributed by atoms with Gasteiger partial charge in [-0.25, -0.2) is 0 Å². The Labute approximate surface area is 172 Å². The van der Waals surface area contributed by atoms with Gasteiger partial charge in [0, 0.05) is 24.3 Å². The van der Waals surface area contributed by atoms with Crippen LogP contribution in [-0.4, -0.2) is 32.0 Å². The number of hydrogen-bond donors (Lipinski definition) is 1. The molecule has 0 aromatic carbocycles. The highest BCUT2D eigenvalue weighted by molar-refractivity contribution is 6.31. The van der Waals surface area contributed by atoms with Crippen molar-refractivity contribution in [2.45, 2.75) is 71.6 Å². The fourth-order valence-electron chi connectivity index (χ4n) is 3.75. The molecule has 0 saturated carbocycles. The summed E-state index contributed by atoms with van der Waals surface area (Å²) in [6, 6.07) is 0. The molecule has 2 aromatic heterocycles. The molecule has 0 bridgehead atoms. The molecule has 0 aliphatic heterocycles. The SMILES string of the molecule is Cc1nn(CCCNC(=O)Cn2nc(C(F)(F)F)c3c2CCCCC3)c(C)c1Cl. The van der Waals surface area contributed by atoms with Crippen LogP contribution in [0.15, 0.2) is 0 Å². The van der Waals surface area contributed by atoms with E-state index >= 15 is 0 Å². The summed E-state index contributed by atoms with van der Waals surface area (Å²) >= 11 is 6.11. The third-order valence-corrected chi connectivity index (χ3v) is 5.78. The van der Waals surface area contributed by atoms with Crippen molar-refractivity contribution in [3.63, 3.8) is 0 Å². The molecule has 1 aliphatic rings. The van der Waals surface area contributed by atoms with Crippen LogP contribution in [0.2, 0.25) is 5.02 Å². The van der Waals surface area contributed by atoms with E-state index in [1.807, 2.05) is 13.8 Å². The van der Waals surface area contributed by atoms with Crippen molar-refractivity contribution in [1.29, 1.82) is 0 Å². The largest absolute Gasteiger partial charge is 0.435 e. The second kappa shape index (κ2) is 8.77. The first-order chi connectivity index (χ1) is 13.7. The van der Waals surface area contributed by atoms with Crippen LogP contribution < -0.4 is 5.32 Å². The Morgan fingerprint density at radius 3 is 2.52 bits per heavy atom. The summed E-state index contributed by atoms with van der Waals surface area (Å²) in [4.78, 5) is 12.3. The molecule has 1 aliphatic carbocycles. The van der Waals surface area contributed by atoms with Crippen LogP contribution in [0.25, 0.3) is 0 Å². The van der Waals surface area contributed by atoms with Crippen LogP contribution in [0, 0.1) is 13.8 Å². The molecular weight excluding hydrogens is 407 g/mol. The monoisotopic (exact) mass is 431 g/mol. The maximum Gasteiger partial charge on any atom is 0.435 e. The molecule has 0 unspecified atom stereocenters. The molecule has 160 valence electrons. The number of alkyl halides is 3. The molecule has 2 heterocycles. The topological polar surface area (TPSA) is 64.7 Å². The van der Waals surface area contributed by atoms with E-state index in [2.05, 4.69) is 15.5 Å².